The van der Waals surface area contributed by atoms with E-state index < -0.39 is 27.2 Å². The first kappa shape index (κ1) is 36.2. The molecule has 1 aromatic rings. The van der Waals surface area contributed by atoms with E-state index in [0.29, 0.717) is 75.7 Å². The van der Waals surface area contributed by atoms with Crippen LogP contribution in [0.5, 0.6) is 11.5 Å². The number of aliphatic hydroxyl groups is 1. The maximum absolute atomic E-state index is 13.7. The highest BCUT2D eigenvalue weighted by Crippen LogP contribution is 2.37. The Morgan fingerprint density at radius 3 is 2.34 bits per heavy atom. The molecule has 0 aromatic heterocycles. The number of carbonyl (C=O) groups is 2. The van der Waals surface area contributed by atoms with Crippen LogP contribution in [0.2, 0.25) is 0 Å². The SMILES string of the molecule is COCCN1C(=O)[C@@H](CC2(O)CCCCC2)NC(=O)C12CCN(CCCCOc1ccc(NS(C)(=O)=O)cc1OC)CC2.Cl. The Morgan fingerprint density at radius 2 is 1.70 bits per heavy atom. The van der Waals surface area contributed by atoms with Crippen LogP contribution in [0.4, 0.5) is 5.69 Å². The first-order valence-electron chi connectivity index (χ1n) is 15.3. The fourth-order valence-electron chi connectivity index (χ4n) is 6.64. The van der Waals surface area contributed by atoms with E-state index in [4.69, 9.17) is 14.2 Å². The molecule has 0 radical (unpaired) electrons. The number of sulfonamides is 1. The molecule has 1 saturated carbocycles. The molecule has 44 heavy (non-hydrogen) atoms. The second-order valence-corrected chi connectivity index (χ2v) is 13.9. The topological polar surface area (TPSA) is 147 Å². The van der Waals surface area contributed by atoms with Gasteiger partial charge >= 0.3 is 0 Å². The monoisotopic (exact) mass is 660 g/mol. The Bertz CT molecular complexity index is 1220. The number of likely N-dealkylation sites (tertiary alicyclic amines) is 1. The van der Waals surface area contributed by atoms with Crippen LogP contribution in [-0.2, 0) is 24.3 Å². The minimum atomic E-state index is -3.39. The van der Waals surface area contributed by atoms with E-state index in [1.54, 1.807) is 30.2 Å². The zero-order valence-electron chi connectivity index (χ0n) is 26.1. The number of piperidine rings is 1. The van der Waals surface area contributed by atoms with Gasteiger partial charge in [0, 0.05) is 39.2 Å². The third-order valence-corrected chi connectivity index (χ3v) is 9.58. The Balaban J connectivity index is 0.00000529. The number of halogens is 1. The van der Waals surface area contributed by atoms with Crippen LogP contribution in [-0.4, -0.2) is 112 Å². The number of methoxy groups -OCH3 is 2. The molecule has 3 aliphatic rings. The van der Waals surface area contributed by atoms with Crippen molar-refractivity contribution >= 4 is 39.9 Å². The van der Waals surface area contributed by atoms with Crippen LogP contribution >= 0.6 is 12.4 Å². The van der Waals surface area contributed by atoms with Gasteiger partial charge in [-0.05, 0) is 57.2 Å². The number of piperazine rings is 1. The van der Waals surface area contributed by atoms with Crippen molar-refractivity contribution in [1.82, 2.24) is 15.1 Å². The van der Waals surface area contributed by atoms with Gasteiger partial charge in [0.2, 0.25) is 21.8 Å². The van der Waals surface area contributed by atoms with Gasteiger partial charge in [0.15, 0.2) is 11.5 Å². The average Bonchev–Trinajstić information content (AvgIpc) is 2.96. The Kier molecular flexibility index (Phi) is 13.0. The van der Waals surface area contributed by atoms with E-state index in [1.165, 1.54) is 7.11 Å². The van der Waals surface area contributed by atoms with Crippen molar-refractivity contribution in [3.05, 3.63) is 18.2 Å². The summed E-state index contributed by atoms with van der Waals surface area (Å²) < 4.78 is 42.0. The van der Waals surface area contributed by atoms with Crippen LogP contribution in [0, 0.1) is 0 Å². The summed E-state index contributed by atoms with van der Waals surface area (Å²) >= 11 is 0. The predicted molar refractivity (Wildman–Crippen MR) is 170 cm³/mol. The molecule has 250 valence electrons. The summed E-state index contributed by atoms with van der Waals surface area (Å²) in [6.07, 6.45) is 8.45. The van der Waals surface area contributed by atoms with Crippen molar-refractivity contribution in [1.29, 1.82) is 0 Å². The van der Waals surface area contributed by atoms with Crippen molar-refractivity contribution in [2.75, 3.05) is 64.6 Å². The average molecular weight is 661 g/mol. The Labute approximate surface area is 267 Å². The van der Waals surface area contributed by atoms with E-state index in [-0.39, 0.29) is 30.6 Å². The number of hydrogen-bond acceptors (Lipinski definition) is 9. The number of anilines is 1. The summed E-state index contributed by atoms with van der Waals surface area (Å²) in [5, 5.41) is 14.1. The van der Waals surface area contributed by atoms with Gasteiger partial charge in [-0.2, -0.15) is 0 Å². The lowest BCUT2D eigenvalue weighted by molar-refractivity contribution is -0.164. The zero-order chi connectivity index (χ0) is 31.1. The fraction of sp³-hybridized carbons (Fsp3) is 0.733. The lowest BCUT2D eigenvalue weighted by Gasteiger charge is -2.52. The van der Waals surface area contributed by atoms with Gasteiger partial charge < -0.3 is 34.4 Å². The van der Waals surface area contributed by atoms with Crippen LogP contribution in [0.25, 0.3) is 0 Å². The number of amides is 2. The van der Waals surface area contributed by atoms with Gasteiger partial charge in [-0.3, -0.25) is 14.3 Å². The first-order chi connectivity index (χ1) is 20.5. The molecule has 1 spiro atoms. The van der Waals surface area contributed by atoms with E-state index in [1.807, 2.05) is 0 Å². The van der Waals surface area contributed by atoms with Crippen molar-refractivity contribution in [3.8, 4) is 11.5 Å². The lowest BCUT2D eigenvalue weighted by atomic mass is 9.77. The molecule has 4 rings (SSSR count). The molecular formula is C30H49ClN4O8S. The van der Waals surface area contributed by atoms with Crippen LogP contribution in [0.1, 0.15) is 64.2 Å². The molecule has 3 fully saturated rings. The Hall–Kier alpha value is -2.32. The highest BCUT2D eigenvalue weighted by molar-refractivity contribution is 7.92. The summed E-state index contributed by atoms with van der Waals surface area (Å²) in [5.74, 6) is 0.757. The fourth-order valence-corrected chi connectivity index (χ4v) is 7.20. The number of nitrogens with one attached hydrogen (secondary N) is 2. The molecule has 1 atom stereocenters. The second-order valence-electron chi connectivity index (χ2n) is 12.2. The number of carbonyl (C=O) groups excluding carboxylic acids is 2. The summed E-state index contributed by atoms with van der Waals surface area (Å²) in [6, 6.07) is 4.19. The summed E-state index contributed by atoms with van der Waals surface area (Å²) in [7, 11) is -0.290. The van der Waals surface area contributed by atoms with Crippen molar-refractivity contribution < 1.29 is 37.3 Å². The summed E-state index contributed by atoms with van der Waals surface area (Å²) in [5.41, 5.74) is -1.39. The van der Waals surface area contributed by atoms with Crippen molar-refractivity contribution in [3.63, 3.8) is 0 Å². The second kappa shape index (κ2) is 15.8. The molecular weight excluding hydrogens is 612 g/mol. The number of rotatable bonds is 14. The van der Waals surface area contributed by atoms with Gasteiger partial charge in [0.05, 0.1) is 37.9 Å². The highest BCUT2D eigenvalue weighted by atomic mass is 35.5. The number of ether oxygens (including phenoxy) is 3. The molecule has 2 heterocycles. The molecule has 1 aromatic carbocycles. The molecule has 2 amide bonds. The van der Waals surface area contributed by atoms with E-state index in [2.05, 4.69) is 14.9 Å². The van der Waals surface area contributed by atoms with Gasteiger partial charge in [-0.1, -0.05) is 19.3 Å². The predicted octanol–water partition coefficient (Wildman–Crippen LogP) is 2.54. The molecule has 1 aliphatic carbocycles. The van der Waals surface area contributed by atoms with Crippen LogP contribution < -0.4 is 19.5 Å². The van der Waals surface area contributed by atoms with Crippen LogP contribution in [0.15, 0.2) is 18.2 Å². The molecule has 14 heteroatoms. The van der Waals surface area contributed by atoms with Crippen molar-refractivity contribution in [2.45, 2.75) is 81.4 Å². The van der Waals surface area contributed by atoms with Gasteiger partial charge in [-0.15, -0.1) is 12.4 Å². The quantitative estimate of drug-likeness (QED) is 0.256. The normalized spacial score (nSPS) is 21.8. The van der Waals surface area contributed by atoms with Gasteiger partial charge in [-0.25, -0.2) is 8.42 Å². The van der Waals surface area contributed by atoms with E-state index in [9.17, 15) is 23.1 Å². The maximum Gasteiger partial charge on any atom is 0.246 e. The summed E-state index contributed by atoms with van der Waals surface area (Å²) in [6.45, 7) is 3.41. The van der Waals surface area contributed by atoms with Gasteiger partial charge in [0.1, 0.15) is 11.6 Å². The van der Waals surface area contributed by atoms with Gasteiger partial charge in [0.25, 0.3) is 0 Å². The first-order valence-corrected chi connectivity index (χ1v) is 17.2. The maximum atomic E-state index is 13.7. The third kappa shape index (κ3) is 9.12. The summed E-state index contributed by atoms with van der Waals surface area (Å²) in [4.78, 5) is 31.4. The molecule has 3 N–H and O–H groups in total. The lowest BCUT2D eigenvalue weighted by Crippen LogP contribution is -2.73. The molecule has 12 nitrogen and oxygen atoms in total. The molecule has 0 bridgehead atoms. The zero-order valence-corrected chi connectivity index (χ0v) is 27.8. The molecule has 2 aliphatic heterocycles. The van der Waals surface area contributed by atoms with E-state index >= 15 is 0 Å². The Morgan fingerprint density at radius 1 is 1.00 bits per heavy atom. The third-order valence-electron chi connectivity index (χ3n) is 8.97. The highest BCUT2D eigenvalue weighted by Gasteiger charge is 2.54. The standard InChI is InChI=1S/C30H48N4O8S.ClH/c1-40-20-18-34-27(35)24(22-29(37)11-5-4-6-12-29)31-28(36)30(34)13-16-33(17-14-30)15-7-8-19-42-25-10-9-23(21-26(25)41-2)32-43(3,38)39;/h9-10,21,24,32,37H,4-8,11-20,22H2,1-3H3,(H,31,36);1H/t24-;/m1./s1. The van der Waals surface area contributed by atoms with Crippen LogP contribution in [0.3, 0.4) is 0 Å². The minimum Gasteiger partial charge on any atom is -0.493 e. The molecule has 0 unspecified atom stereocenters. The number of hydrogen-bond donors (Lipinski definition) is 3. The number of benzene rings is 1. The smallest absolute Gasteiger partial charge is 0.246 e. The molecule has 2 saturated heterocycles. The van der Waals surface area contributed by atoms with E-state index in [0.717, 1.165) is 44.9 Å². The minimum absolute atomic E-state index is 0. The number of unbranched alkanes of at least 4 members (excludes halogenated alkanes) is 1. The van der Waals surface area contributed by atoms with Crippen molar-refractivity contribution in [2.24, 2.45) is 0 Å². The largest absolute Gasteiger partial charge is 0.493 e. The number of nitrogens with zero attached hydrogens (tertiary/aromatic N) is 2.